The van der Waals surface area contributed by atoms with Crippen molar-refractivity contribution < 1.29 is 4.52 Å². The molecular formula is C15H13ClN4O. The van der Waals surface area contributed by atoms with Crippen LogP contribution in [0.15, 0.2) is 47.0 Å². The third kappa shape index (κ3) is 3.14. The van der Waals surface area contributed by atoms with Crippen molar-refractivity contribution in [3.8, 4) is 11.5 Å². The molecule has 1 heterocycles. The molecule has 0 aliphatic carbocycles. The maximum Gasteiger partial charge on any atom is 0.258 e. The second kappa shape index (κ2) is 5.46. The van der Waals surface area contributed by atoms with E-state index in [0.717, 1.165) is 5.56 Å². The second-order valence-corrected chi connectivity index (χ2v) is 5.14. The van der Waals surface area contributed by atoms with E-state index in [4.69, 9.17) is 27.6 Å². The third-order valence-corrected chi connectivity index (χ3v) is 3.22. The molecule has 0 radical (unpaired) electrons. The van der Waals surface area contributed by atoms with Crippen molar-refractivity contribution in [3.05, 3.63) is 58.9 Å². The fraction of sp³-hybridized carbons (Fsp3) is 0.0667. The van der Waals surface area contributed by atoms with Crippen molar-refractivity contribution in [2.24, 2.45) is 0 Å². The van der Waals surface area contributed by atoms with Crippen molar-refractivity contribution >= 4 is 23.0 Å². The van der Waals surface area contributed by atoms with Gasteiger partial charge in [0, 0.05) is 28.4 Å². The van der Waals surface area contributed by atoms with E-state index in [0.29, 0.717) is 40.1 Å². The van der Waals surface area contributed by atoms with Crippen LogP contribution in [-0.4, -0.2) is 10.1 Å². The predicted molar refractivity (Wildman–Crippen MR) is 82.8 cm³/mol. The van der Waals surface area contributed by atoms with Gasteiger partial charge < -0.3 is 16.0 Å². The van der Waals surface area contributed by atoms with Crippen LogP contribution in [0.5, 0.6) is 0 Å². The Balaban J connectivity index is 1.84. The summed E-state index contributed by atoms with van der Waals surface area (Å²) in [6.07, 6.45) is 0.568. The molecule has 0 bridgehead atoms. The van der Waals surface area contributed by atoms with E-state index >= 15 is 0 Å². The summed E-state index contributed by atoms with van der Waals surface area (Å²) in [7, 11) is 0. The Morgan fingerprint density at radius 3 is 2.33 bits per heavy atom. The summed E-state index contributed by atoms with van der Waals surface area (Å²) in [6.45, 7) is 0. The minimum Gasteiger partial charge on any atom is -0.399 e. The highest BCUT2D eigenvalue weighted by molar-refractivity contribution is 6.30. The molecule has 0 saturated heterocycles. The van der Waals surface area contributed by atoms with Gasteiger partial charge in [-0.1, -0.05) is 28.9 Å². The topological polar surface area (TPSA) is 91.0 Å². The Morgan fingerprint density at radius 1 is 1.00 bits per heavy atom. The first-order valence-electron chi connectivity index (χ1n) is 6.33. The van der Waals surface area contributed by atoms with Crippen LogP contribution in [0.4, 0.5) is 11.4 Å². The van der Waals surface area contributed by atoms with E-state index in [1.165, 1.54) is 0 Å². The second-order valence-electron chi connectivity index (χ2n) is 4.71. The molecule has 0 saturated carbocycles. The fourth-order valence-corrected chi connectivity index (χ4v) is 2.15. The Bertz CT molecular complexity index is 747. The maximum absolute atomic E-state index is 5.85. The van der Waals surface area contributed by atoms with Crippen molar-refractivity contribution in [2.75, 3.05) is 11.5 Å². The summed E-state index contributed by atoms with van der Waals surface area (Å²) in [6, 6.07) is 12.7. The molecule has 4 N–H and O–H groups in total. The van der Waals surface area contributed by atoms with Crippen LogP contribution >= 0.6 is 11.6 Å². The molecule has 106 valence electrons. The highest BCUT2D eigenvalue weighted by atomic mass is 35.5. The number of nitrogens with two attached hydrogens (primary N) is 2. The molecule has 0 amide bonds. The normalized spacial score (nSPS) is 10.7. The minimum atomic E-state index is 0.401. The average molecular weight is 301 g/mol. The highest BCUT2D eigenvalue weighted by Gasteiger charge is 2.10. The average Bonchev–Trinajstić information content (AvgIpc) is 2.89. The summed E-state index contributed by atoms with van der Waals surface area (Å²) in [5.41, 5.74) is 14.4. The predicted octanol–water partition coefficient (Wildman–Crippen LogP) is 3.15. The van der Waals surface area contributed by atoms with E-state index in [2.05, 4.69) is 10.1 Å². The number of nitrogens with zero attached hydrogens (tertiary/aromatic N) is 2. The molecule has 2 aromatic carbocycles. The van der Waals surface area contributed by atoms with Crippen LogP contribution in [0, 0.1) is 0 Å². The molecule has 6 heteroatoms. The van der Waals surface area contributed by atoms with Gasteiger partial charge in [0.05, 0.1) is 0 Å². The van der Waals surface area contributed by atoms with Gasteiger partial charge in [-0.15, -0.1) is 0 Å². The lowest BCUT2D eigenvalue weighted by Gasteiger charge is -1.99. The van der Waals surface area contributed by atoms with Crippen LogP contribution < -0.4 is 11.5 Å². The van der Waals surface area contributed by atoms with Gasteiger partial charge in [-0.25, -0.2) is 0 Å². The van der Waals surface area contributed by atoms with E-state index in [-0.39, 0.29) is 0 Å². The number of anilines is 2. The number of hydrogen-bond acceptors (Lipinski definition) is 5. The van der Waals surface area contributed by atoms with Gasteiger partial charge in [0.2, 0.25) is 0 Å². The van der Waals surface area contributed by atoms with E-state index in [9.17, 15) is 0 Å². The fourth-order valence-electron chi connectivity index (χ4n) is 2.03. The number of halogens is 1. The molecule has 0 atom stereocenters. The van der Waals surface area contributed by atoms with Gasteiger partial charge >= 0.3 is 0 Å². The molecule has 0 aliphatic heterocycles. The quantitative estimate of drug-likeness (QED) is 0.725. The van der Waals surface area contributed by atoms with Crippen molar-refractivity contribution in [2.45, 2.75) is 6.42 Å². The number of benzene rings is 2. The van der Waals surface area contributed by atoms with Gasteiger partial charge in [0.1, 0.15) is 0 Å². The standard InChI is InChI=1S/C15H13ClN4O/c16-11-3-1-9(2-4-11)5-14-19-15(21-20-14)10-6-12(17)8-13(18)7-10/h1-4,6-8H,5,17-18H2. The highest BCUT2D eigenvalue weighted by Crippen LogP contribution is 2.23. The first-order chi connectivity index (χ1) is 10.1. The summed E-state index contributed by atoms with van der Waals surface area (Å²) in [5.74, 6) is 0.992. The van der Waals surface area contributed by atoms with Gasteiger partial charge in [-0.2, -0.15) is 4.98 Å². The molecule has 3 aromatic rings. The molecule has 1 aromatic heterocycles. The molecule has 3 rings (SSSR count). The summed E-state index contributed by atoms with van der Waals surface area (Å²) < 4.78 is 5.26. The Labute approximate surface area is 126 Å². The van der Waals surface area contributed by atoms with Crippen molar-refractivity contribution in [1.29, 1.82) is 0 Å². The zero-order chi connectivity index (χ0) is 14.8. The first-order valence-corrected chi connectivity index (χ1v) is 6.71. The number of aromatic nitrogens is 2. The lowest BCUT2D eigenvalue weighted by Crippen LogP contribution is -1.92. The van der Waals surface area contributed by atoms with Crippen LogP contribution in [0.1, 0.15) is 11.4 Å². The van der Waals surface area contributed by atoms with Crippen LogP contribution in [0.3, 0.4) is 0 Å². The number of rotatable bonds is 3. The number of nitrogen functional groups attached to an aromatic ring is 2. The molecule has 21 heavy (non-hydrogen) atoms. The van der Waals surface area contributed by atoms with Crippen LogP contribution in [0.25, 0.3) is 11.5 Å². The Kier molecular flexibility index (Phi) is 3.50. The molecule has 0 spiro atoms. The maximum atomic E-state index is 5.85. The summed E-state index contributed by atoms with van der Waals surface area (Å²) >= 11 is 5.85. The molecule has 0 unspecified atom stereocenters. The minimum absolute atomic E-state index is 0.401. The molecular weight excluding hydrogens is 288 g/mol. The van der Waals surface area contributed by atoms with Gasteiger partial charge in [0.25, 0.3) is 5.89 Å². The zero-order valence-corrected chi connectivity index (χ0v) is 11.8. The summed E-state index contributed by atoms with van der Waals surface area (Å²) in [5, 5.41) is 4.67. The molecule has 0 aliphatic rings. The lowest BCUT2D eigenvalue weighted by atomic mass is 10.1. The van der Waals surface area contributed by atoms with Crippen molar-refractivity contribution in [3.63, 3.8) is 0 Å². The van der Waals surface area contributed by atoms with Crippen LogP contribution in [-0.2, 0) is 6.42 Å². The van der Waals surface area contributed by atoms with Gasteiger partial charge in [-0.05, 0) is 35.9 Å². The monoisotopic (exact) mass is 300 g/mol. The largest absolute Gasteiger partial charge is 0.399 e. The van der Waals surface area contributed by atoms with E-state index < -0.39 is 0 Å². The Morgan fingerprint density at radius 2 is 1.67 bits per heavy atom. The van der Waals surface area contributed by atoms with E-state index in [1.54, 1.807) is 18.2 Å². The smallest absolute Gasteiger partial charge is 0.258 e. The molecule has 5 nitrogen and oxygen atoms in total. The van der Waals surface area contributed by atoms with Crippen LogP contribution in [0.2, 0.25) is 5.02 Å². The third-order valence-electron chi connectivity index (χ3n) is 2.97. The zero-order valence-electron chi connectivity index (χ0n) is 11.1. The van der Waals surface area contributed by atoms with Crippen molar-refractivity contribution in [1.82, 2.24) is 10.1 Å². The lowest BCUT2D eigenvalue weighted by molar-refractivity contribution is 0.424. The SMILES string of the molecule is Nc1cc(N)cc(-c2nc(Cc3ccc(Cl)cc3)no2)c1. The van der Waals surface area contributed by atoms with Gasteiger partial charge in [-0.3, -0.25) is 0 Å². The van der Waals surface area contributed by atoms with Gasteiger partial charge in [0.15, 0.2) is 5.82 Å². The summed E-state index contributed by atoms with van der Waals surface area (Å²) in [4.78, 5) is 4.36. The first kappa shape index (κ1) is 13.5. The number of hydrogen-bond donors (Lipinski definition) is 2. The Hall–Kier alpha value is -2.53. The molecule has 0 fully saturated rings. The van der Waals surface area contributed by atoms with E-state index in [1.807, 2.05) is 24.3 Å².